The molecule has 7 heteroatoms. The van der Waals surface area contributed by atoms with Crippen molar-refractivity contribution < 1.29 is 9.32 Å². The molecule has 0 atom stereocenters. The number of amides is 1. The molecule has 1 amide bonds. The van der Waals surface area contributed by atoms with Gasteiger partial charge in [-0.1, -0.05) is 38.1 Å². The van der Waals surface area contributed by atoms with Crippen molar-refractivity contribution in [3.63, 3.8) is 0 Å². The van der Waals surface area contributed by atoms with E-state index in [0.29, 0.717) is 30.2 Å². The molecule has 0 fully saturated rings. The van der Waals surface area contributed by atoms with Crippen LogP contribution in [-0.4, -0.2) is 48.1 Å². The summed E-state index contributed by atoms with van der Waals surface area (Å²) in [4.78, 5) is 18.6. The first-order valence-corrected chi connectivity index (χ1v) is 8.13. The van der Waals surface area contributed by atoms with Crippen LogP contribution in [0.4, 0.5) is 0 Å². The summed E-state index contributed by atoms with van der Waals surface area (Å²) in [6.45, 7) is 7.77. The van der Waals surface area contributed by atoms with E-state index in [1.165, 1.54) is 0 Å². The molecule has 138 valence electrons. The zero-order valence-electron chi connectivity index (χ0n) is 15.5. The lowest BCUT2D eigenvalue weighted by molar-refractivity contribution is 0.0797. The fourth-order valence-corrected chi connectivity index (χ4v) is 2.29. The second-order valence-electron chi connectivity index (χ2n) is 7.16. The Bertz CT molecular complexity index is 694. The van der Waals surface area contributed by atoms with Crippen molar-refractivity contribution in [2.75, 3.05) is 27.2 Å². The van der Waals surface area contributed by atoms with Crippen LogP contribution in [0.3, 0.4) is 0 Å². The fraction of sp³-hybridized carbons (Fsp3) is 0.500. The van der Waals surface area contributed by atoms with Gasteiger partial charge in [0.1, 0.15) is 0 Å². The van der Waals surface area contributed by atoms with Crippen LogP contribution >= 0.6 is 12.4 Å². The second kappa shape index (κ2) is 8.97. The maximum atomic E-state index is 12.5. The number of benzene rings is 1. The van der Waals surface area contributed by atoms with Gasteiger partial charge in [0.25, 0.3) is 5.91 Å². The van der Waals surface area contributed by atoms with Gasteiger partial charge >= 0.3 is 0 Å². The number of nitrogens with zero attached hydrogens (tertiary/aromatic N) is 3. The zero-order valence-corrected chi connectivity index (χ0v) is 16.3. The van der Waals surface area contributed by atoms with Crippen molar-refractivity contribution in [2.45, 2.75) is 27.2 Å². The molecule has 0 radical (unpaired) electrons. The smallest absolute Gasteiger partial charge is 0.253 e. The Kier molecular flexibility index (Phi) is 7.58. The molecule has 0 unspecified atom stereocenters. The van der Waals surface area contributed by atoms with Gasteiger partial charge in [0.15, 0.2) is 0 Å². The summed E-state index contributed by atoms with van der Waals surface area (Å²) in [7, 11) is 3.66. The molecule has 0 saturated carbocycles. The van der Waals surface area contributed by atoms with Crippen LogP contribution in [0.2, 0.25) is 0 Å². The molecule has 0 aliphatic heterocycles. The van der Waals surface area contributed by atoms with E-state index < -0.39 is 0 Å². The van der Waals surface area contributed by atoms with Crippen molar-refractivity contribution in [3.05, 3.63) is 35.7 Å². The molecule has 0 aliphatic carbocycles. The first kappa shape index (κ1) is 21.1. The zero-order chi connectivity index (χ0) is 17.7. The van der Waals surface area contributed by atoms with Crippen molar-refractivity contribution >= 4 is 18.3 Å². The lowest BCUT2D eigenvalue weighted by Gasteiger charge is -2.17. The quantitative estimate of drug-likeness (QED) is 0.850. The van der Waals surface area contributed by atoms with E-state index in [0.717, 1.165) is 12.1 Å². The minimum absolute atomic E-state index is 0. The number of carbonyl (C=O) groups is 1. The van der Waals surface area contributed by atoms with Gasteiger partial charge in [0.2, 0.25) is 11.7 Å². The molecule has 25 heavy (non-hydrogen) atoms. The number of hydrogen-bond donors (Lipinski definition) is 1. The second-order valence-corrected chi connectivity index (χ2v) is 7.16. The van der Waals surface area contributed by atoms with Crippen molar-refractivity contribution in [3.8, 4) is 11.4 Å². The number of aromatic nitrogens is 2. The molecule has 0 spiro atoms. The Morgan fingerprint density at radius 3 is 2.68 bits per heavy atom. The van der Waals surface area contributed by atoms with Gasteiger partial charge in [0.05, 0.1) is 0 Å². The first-order chi connectivity index (χ1) is 11.3. The predicted octanol–water partition coefficient (Wildman–Crippen LogP) is 3.04. The van der Waals surface area contributed by atoms with Gasteiger partial charge in [0, 0.05) is 37.7 Å². The Morgan fingerprint density at radius 2 is 2.04 bits per heavy atom. The van der Waals surface area contributed by atoms with Crippen molar-refractivity contribution in [1.82, 2.24) is 20.4 Å². The Labute approximate surface area is 155 Å². The standard InChI is InChI=1S/C18H26N4O2.ClH/c1-18(2,3)12-15-20-16(21-24-15)13-7-6-8-14(11-13)17(23)22(5)10-9-19-4;/h6-8,11,19H,9-10,12H2,1-5H3;1H. The summed E-state index contributed by atoms with van der Waals surface area (Å²) in [5.74, 6) is 1.10. The number of carbonyl (C=O) groups excluding carboxylic acids is 1. The van der Waals surface area contributed by atoms with Gasteiger partial charge in [-0.15, -0.1) is 12.4 Å². The number of halogens is 1. The van der Waals surface area contributed by atoms with Crippen LogP contribution < -0.4 is 5.32 Å². The molecule has 6 nitrogen and oxygen atoms in total. The van der Waals surface area contributed by atoms with E-state index in [1.807, 2.05) is 25.2 Å². The monoisotopic (exact) mass is 366 g/mol. The van der Waals surface area contributed by atoms with Gasteiger partial charge in [-0.2, -0.15) is 4.98 Å². The molecule has 0 aliphatic rings. The molecule has 1 N–H and O–H groups in total. The van der Waals surface area contributed by atoms with Crippen LogP contribution in [0.5, 0.6) is 0 Å². The Balaban J connectivity index is 0.00000312. The Hall–Kier alpha value is -1.92. The lowest BCUT2D eigenvalue weighted by Crippen LogP contribution is -2.32. The molecule has 2 aromatic rings. The van der Waals surface area contributed by atoms with E-state index in [4.69, 9.17) is 4.52 Å². The van der Waals surface area contributed by atoms with E-state index in [-0.39, 0.29) is 23.7 Å². The number of likely N-dealkylation sites (N-methyl/N-ethyl adjacent to an activating group) is 2. The van der Waals surface area contributed by atoms with Crippen molar-refractivity contribution in [2.24, 2.45) is 5.41 Å². The average molecular weight is 367 g/mol. The summed E-state index contributed by atoms with van der Waals surface area (Å²) in [5.41, 5.74) is 1.48. The fourth-order valence-electron chi connectivity index (χ4n) is 2.29. The Morgan fingerprint density at radius 1 is 1.32 bits per heavy atom. The van der Waals surface area contributed by atoms with Gasteiger partial charge in [-0.3, -0.25) is 4.79 Å². The third-order valence-electron chi connectivity index (χ3n) is 3.56. The highest BCUT2D eigenvalue weighted by molar-refractivity contribution is 5.95. The van der Waals surface area contributed by atoms with E-state index in [1.54, 1.807) is 18.0 Å². The van der Waals surface area contributed by atoms with Crippen LogP contribution in [0.25, 0.3) is 11.4 Å². The first-order valence-electron chi connectivity index (χ1n) is 8.13. The summed E-state index contributed by atoms with van der Waals surface area (Å²) in [5, 5.41) is 7.08. The summed E-state index contributed by atoms with van der Waals surface area (Å²) >= 11 is 0. The molecule has 1 heterocycles. The SMILES string of the molecule is CNCCN(C)C(=O)c1cccc(-c2noc(CC(C)(C)C)n2)c1.Cl. The predicted molar refractivity (Wildman–Crippen MR) is 101 cm³/mol. The largest absolute Gasteiger partial charge is 0.340 e. The number of rotatable bonds is 6. The highest BCUT2D eigenvalue weighted by Crippen LogP contribution is 2.23. The summed E-state index contributed by atoms with van der Waals surface area (Å²) < 4.78 is 5.33. The minimum Gasteiger partial charge on any atom is -0.340 e. The molecule has 0 bridgehead atoms. The van der Waals surface area contributed by atoms with Crippen LogP contribution in [0.15, 0.2) is 28.8 Å². The topological polar surface area (TPSA) is 71.3 Å². The van der Waals surface area contributed by atoms with Crippen LogP contribution in [-0.2, 0) is 6.42 Å². The van der Waals surface area contributed by atoms with Crippen LogP contribution in [0, 0.1) is 5.41 Å². The highest BCUT2D eigenvalue weighted by Gasteiger charge is 2.18. The third-order valence-corrected chi connectivity index (χ3v) is 3.56. The molecular formula is C18H27ClN4O2. The summed E-state index contributed by atoms with van der Waals surface area (Å²) in [6.07, 6.45) is 0.714. The third kappa shape index (κ3) is 6.14. The van der Waals surface area contributed by atoms with Crippen molar-refractivity contribution in [1.29, 1.82) is 0 Å². The maximum absolute atomic E-state index is 12.5. The summed E-state index contributed by atoms with van der Waals surface area (Å²) in [6, 6.07) is 7.34. The minimum atomic E-state index is -0.0227. The van der Waals surface area contributed by atoms with Gasteiger partial charge in [-0.25, -0.2) is 0 Å². The molecular weight excluding hydrogens is 340 g/mol. The molecule has 0 saturated heterocycles. The number of hydrogen-bond acceptors (Lipinski definition) is 5. The van der Waals surface area contributed by atoms with Crippen LogP contribution in [0.1, 0.15) is 37.0 Å². The average Bonchev–Trinajstić information content (AvgIpc) is 2.98. The molecule has 1 aromatic heterocycles. The number of nitrogens with one attached hydrogen (secondary N) is 1. The van der Waals surface area contributed by atoms with E-state index >= 15 is 0 Å². The van der Waals surface area contributed by atoms with Gasteiger partial charge in [-0.05, 0) is 24.6 Å². The lowest BCUT2D eigenvalue weighted by atomic mass is 9.92. The highest BCUT2D eigenvalue weighted by atomic mass is 35.5. The van der Waals surface area contributed by atoms with Gasteiger partial charge < -0.3 is 14.7 Å². The van der Waals surface area contributed by atoms with E-state index in [2.05, 4.69) is 36.2 Å². The molecule has 1 aromatic carbocycles. The normalized spacial score (nSPS) is 11.1. The van der Waals surface area contributed by atoms with E-state index in [9.17, 15) is 4.79 Å². The molecule has 2 rings (SSSR count). The maximum Gasteiger partial charge on any atom is 0.253 e.